The van der Waals surface area contributed by atoms with E-state index in [0.717, 1.165) is 15.7 Å². The van der Waals surface area contributed by atoms with Crippen molar-refractivity contribution in [2.75, 3.05) is 5.43 Å². The zero-order valence-corrected chi connectivity index (χ0v) is 11.1. The summed E-state index contributed by atoms with van der Waals surface area (Å²) in [6.45, 7) is 0. The lowest BCUT2D eigenvalue weighted by molar-refractivity contribution is 1.34. The Morgan fingerprint density at radius 1 is 1.11 bits per heavy atom. The van der Waals surface area contributed by atoms with Crippen LogP contribution in [0.2, 0.25) is 0 Å². The number of rotatable bonds is 3. The number of anilines is 1. The van der Waals surface area contributed by atoms with E-state index in [-0.39, 0.29) is 0 Å². The molecule has 0 saturated carbocycles. The van der Waals surface area contributed by atoms with E-state index in [2.05, 4.69) is 32.5 Å². The van der Waals surface area contributed by atoms with Crippen molar-refractivity contribution in [2.24, 2.45) is 5.10 Å². The Bertz CT molecular complexity index is 597. The Kier molecular flexibility index (Phi) is 4.11. The molecule has 18 heavy (non-hydrogen) atoms. The first-order valence-corrected chi connectivity index (χ1v) is 6.12. The molecular formula is C14H10BrN3. The van der Waals surface area contributed by atoms with Crippen LogP contribution in [0.5, 0.6) is 0 Å². The molecule has 0 unspecified atom stereocenters. The van der Waals surface area contributed by atoms with E-state index in [1.165, 1.54) is 0 Å². The van der Waals surface area contributed by atoms with E-state index in [4.69, 9.17) is 5.26 Å². The molecule has 4 heteroatoms. The van der Waals surface area contributed by atoms with Gasteiger partial charge in [0.05, 0.1) is 23.5 Å². The van der Waals surface area contributed by atoms with Gasteiger partial charge in [-0.1, -0.05) is 24.3 Å². The molecule has 0 aromatic heterocycles. The summed E-state index contributed by atoms with van der Waals surface area (Å²) in [5.41, 5.74) is 5.44. The minimum atomic E-state index is 0.644. The minimum Gasteiger partial charge on any atom is -0.277 e. The van der Waals surface area contributed by atoms with Gasteiger partial charge in [0.15, 0.2) is 0 Å². The quantitative estimate of drug-likeness (QED) is 0.693. The maximum absolute atomic E-state index is 8.68. The fourth-order valence-corrected chi connectivity index (χ4v) is 1.75. The van der Waals surface area contributed by atoms with Crippen molar-refractivity contribution in [3.8, 4) is 6.07 Å². The predicted octanol–water partition coefficient (Wildman–Crippen LogP) is 3.77. The molecule has 0 spiro atoms. The Hall–Kier alpha value is -2.12. The van der Waals surface area contributed by atoms with Crippen molar-refractivity contribution >= 4 is 27.8 Å². The summed E-state index contributed by atoms with van der Waals surface area (Å²) in [5, 5.41) is 12.8. The van der Waals surface area contributed by atoms with E-state index in [9.17, 15) is 0 Å². The summed E-state index contributed by atoms with van der Waals surface area (Å²) in [4.78, 5) is 0. The van der Waals surface area contributed by atoms with Gasteiger partial charge in [0, 0.05) is 4.47 Å². The van der Waals surface area contributed by atoms with Crippen LogP contribution in [0.15, 0.2) is 58.1 Å². The molecule has 0 aliphatic rings. The summed E-state index contributed by atoms with van der Waals surface area (Å²) >= 11 is 3.43. The summed E-state index contributed by atoms with van der Waals surface area (Å²) in [6.07, 6.45) is 1.71. The van der Waals surface area contributed by atoms with Gasteiger partial charge in [0.2, 0.25) is 0 Å². The zero-order valence-electron chi connectivity index (χ0n) is 9.47. The second-order valence-corrected chi connectivity index (χ2v) is 4.44. The van der Waals surface area contributed by atoms with E-state index in [1.54, 1.807) is 18.3 Å². The van der Waals surface area contributed by atoms with Crippen molar-refractivity contribution in [2.45, 2.75) is 0 Å². The smallest absolute Gasteiger partial charge is 0.0991 e. The SMILES string of the molecule is N#Cc1ccc(/C=N/Nc2ccccc2Br)cc1. The first-order chi connectivity index (χ1) is 8.79. The number of hydrogen-bond acceptors (Lipinski definition) is 3. The van der Waals surface area contributed by atoms with Gasteiger partial charge in [0.1, 0.15) is 0 Å². The van der Waals surface area contributed by atoms with Crippen molar-refractivity contribution in [3.63, 3.8) is 0 Å². The summed E-state index contributed by atoms with van der Waals surface area (Å²) in [6, 6.07) is 17.1. The zero-order chi connectivity index (χ0) is 12.8. The highest BCUT2D eigenvalue weighted by Gasteiger charge is 1.94. The molecule has 0 amide bonds. The van der Waals surface area contributed by atoms with Gasteiger partial charge in [-0.15, -0.1) is 0 Å². The first-order valence-electron chi connectivity index (χ1n) is 5.33. The van der Waals surface area contributed by atoms with Gasteiger partial charge in [-0.25, -0.2) is 0 Å². The highest BCUT2D eigenvalue weighted by Crippen LogP contribution is 2.20. The highest BCUT2D eigenvalue weighted by atomic mass is 79.9. The molecule has 0 aliphatic heterocycles. The monoisotopic (exact) mass is 299 g/mol. The second-order valence-electron chi connectivity index (χ2n) is 3.58. The normalized spacial score (nSPS) is 10.2. The van der Waals surface area contributed by atoms with E-state index >= 15 is 0 Å². The third-order valence-electron chi connectivity index (χ3n) is 2.31. The lowest BCUT2D eigenvalue weighted by Crippen LogP contribution is -1.91. The molecular weight excluding hydrogens is 290 g/mol. The minimum absolute atomic E-state index is 0.644. The Morgan fingerprint density at radius 3 is 2.50 bits per heavy atom. The topological polar surface area (TPSA) is 48.2 Å². The van der Waals surface area contributed by atoms with E-state index in [0.29, 0.717) is 5.56 Å². The van der Waals surface area contributed by atoms with Crippen LogP contribution in [0.1, 0.15) is 11.1 Å². The van der Waals surface area contributed by atoms with Gasteiger partial charge in [0.25, 0.3) is 0 Å². The third-order valence-corrected chi connectivity index (χ3v) is 3.00. The molecule has 0 radical (unpaired) electrons. The lowest BCUT2D eigenvalue weighted by Gasteiger charge is -2.01. The first kappa shape index (κ1) is 12.3. The van der Waals surface area contributed by atoms with Crippen LogP contribution >= 0.6 is 15.9 Å². The number of para-hydroxylation sites is 1. The Balaban J connectivity index is 2.03. The molecule has 3 nitrogen and oxygen atoms in total. The number of benzene rings is 2. The van der Waals surface area contributed by atoms with Crippen molar-refractivity contribution < 1.29 is 0 Å². The standard InChI is InChI=1S/C14H10BrN3/c15-13-3-1-2-4-14(13)18-17-10-12-7-5-11(9-16)6-8-12/h1-8,10,18H/b17-10+. The van der Waals surface area contributed by atoms with Crippen molar-refractivity contribution in [1.82, 2.24) is 0 Å². The van der Waals surface area contributed by atoms with E-state index in [1.807, 2.05) is 36.4 Å². The largest absolute Gasteiger partial charge is 0.277 e. The maximum Gasteiger partial charge on any atom is 0.0991 e. The molecule has 0 bridgehead atoms. The van der Waals surface area contributed by atoms with Crippen LogP contribution in [0, 0.1) is 11.3 Å². The fourth-order valence-electron chi connectivity index (χ4n) is 1.37. The van der Waals surface area contributed by atoms with Crippen LogP contribution in [0.25, 0.3) is 0 Å². The average Bonchev–Trinajstić information content (AvgIpc) is 2.42. The van der Waals surface area contributed by atoms with Crippen LogP contribution in [0.3, 0.4) is 0 Å². The molecule has 0 fully saturated rings. The second kappa shape index (κ2) is 5.99. The molecule has 88 valence electrons. The summed E-state index contributed by atoms with van der Waals surface area (Å²) in [5.74, 6) is 0. The molecule has 2 aromatic carbocycles. The third kappa shape index (κ3) is 3.19. The van der Waals surface area contributed by atoms with Gasteiger partial charge in [-0.3, -0.25) is 5.43 Å². The van der Waals surface area contributed by atoms with Gasteiger partial charge in [-0.05, 0) is 45.8 Å². The molecule has 0 atom stereocenters. The fraction of sp³-hybridized carbons (Fsp3) is 0. The molecule has 2 rings (SSSR count). The Labute approximate surface area is 114 Å². The summed E-state index contributed by atoms with van der Waals surface area (Å²) < 4.78 is 0.960. The number of nitriles is 1. The predicted molar refractivity (Wildman–Crippen MR) is 76.5 cm³/mol. The molecule has 1 N–H and O–H groups in total. The van der Waals surface area contributed by atoms with Crippen LogP contribution in [0.4, 0.5) is 5.69 Å². The van der Waals surface area contributed by atoms with Crippen LogP contribution in [-0.2, 0) is 0 Å². The van der Waals surface area contributed by atoms with Gasteiger partial charge >= 0.3 is 0 Å². The Morgan fingerprint density at radius 2 is 1.83 bits per heavy atom. The van der Waals surface area contributed by atoms with E-state index < -0.39 is 0 Å². The molecule has 0 saturated heterocycles. The highest BCUT2D eigenvalue weighted by molar-refractivity contribution is 9.10. The van der Waals surface area contributed by atoms with Crippen molar-refractivity contribution in [3.05, 3.63) is 64.1 Å². The van der Waals surface area contributed by atoms with Crippen molar-refractivity contribution in [1.29, 1.82) is 5.26 Å². The maximum atomic E-state index is 8.68. The summed E-state index contributed by atoms with van der Waals surface area (Å²) in [7, 11) is 0. The van der Waals surface area contributed by atoms with Gasteiger partial charge < -0.3 is 0 Å². The molecule has 0 heterocycles. The van der Waals surface area contributed by atoms with Crippen LogP contribution < -0.4 is 5.43 Å². The lowest BCUT2D eigenvalue weighted by atomic mass is 10.2. The number of halogens is 1. The number of nitrogens with zero attached hydrogens (tertiary/aromatic N) is 2. The molecule has 0 aliphatic carbocycles. The van der Waals surface area contributed by atoms with Crippen LogP contribution in [-0.4, -0.2) is 6.21 Å². The molecule has 2 aromatic rings. The number of nitrogens with one attached hydrogen (secondary N) is 1. The number of hydrogen-bond donors (Lipinski definition) is 1. The average molecular weight is 300 g/mol. The van der Waals surface area contributed by atoms with Gasteiger partial charge in [-0.2, -0.15) is 10.4 Å². The number of hydrazone groups is 1.